The van der Waals surface area contributed by atoms with Gasteiger partial charge in [0.1, 0.15) is 0 Å². The largest absolute Gasteiger partial charge is 0.371 e. The number of hydrogen-bond donors (Lipinski definition) is 1. The molecular formula is C13H19BrN2O. The zero-order valence-corrected chi connectivity index (χ0v) is 11.7. The molecule has 3 nitrogen and oxygen atoms in total. The minimum absolute atomic E-state index is 0.249. The maximum Gasteiger partial charge on any atom is 0.0789 e. The van der Waals surface area contributed by atoms with Crippen molar-refractivity contribution in [2.45, 2.75) is 37.8 Å². The second kappa shape index (κ2) is 5.85. The van der Waals surface area contributed by atoms with Gasteiger partial charge >= 0.3 is 0 Å². The van der Waals surface area contributed by atoms with Crippen LogP contribution in [0.2, 0.25) is 0 Å². The molecule has 0 amide bonds. The fourth-order valence-electron chi connectivity index (χ4n) is 2.50. The number of benzene rings is 1. The van der Waals surface area contributed by atoms with E-state index in [1.807, 2.05) is 6.07 Å². The Bertz CT molecular complexity index is 364. The number of rotatable bonds is 3. The summed E-state index contributed by atoms with van der Waals surface area (Å²) in [5, 5.41) is 0. The van der Waals surface area contributed by atoms with Crippen LogP contribution in [0.5, 0.6) is 0 Å². The highest BCUT2D eigenvalue weighted by molar-refractivity contribution is 9.10. The Labute approximate surface area is 111 Å². The molecule has 0 unspecified atom stereocenters. The van der Waals surface area contributed by atoms with Crippen LogP contribution in [-0.2, 0) is 4.84 Å². The quantitative estimate of drug-likeness (QED) is 0.872. The van der Waals surface area contributed by atoms with E-state index in [4.69, 9.17) is 10.7 Å². The summed E-state index contributed by atoms with van der Waals surface area (Å²) in [5.41, 5.74) is 1.25. The molecule has 0 aromatic heterocycles. The first-order valence-electron chi connectivity index (χ1n) is 6.05. The predicted molar refractivity (Wildman–Crippen MR) is 73.9 cm³/mol. The van der Waals surface area contributed by atoms with Crippen LogP contribution in [-0.4, -0.2) is 19.2 Å². The van der Waals surface area contributed by atoms with Gasteiger partial charge in [0, 0.05) is 17.6 Å². The Morgan fingerprint density at radius 3 is 2.47 bits per heavy atom. The van der Waals surface area contributed by atoms with Gasteiger partial charge in [-0.3, -0.25) is 0 Å². The Balaban J connectivity index is 2.02. The van der Waals surface area contributed by atoms with Crippen LogP contribution in [0.1, 0.15) is 25.7 Å². The van der Waals surface area contributed by atoms with Crippen LogP contribution in [0.3, 0.4) is 0 Å². The maximum atomic E-state index is 5.24. The van der Waals surface area contributed by atoms with Gasteiger partial charge in [-0.1, -0.05) is 12.1 Å². The van der Waals surface area contributed by atoms with Crippen LogP contribution in [0.4, 0.5) is 5.69 Å². The van der Waals surface area contributed by atoms with Gasteiger partial charge in [-0.25, -0.2) is 5.90 Å². The van der Waals surface area contributed by atoms with E-state index in [-0.39, 0.29) is 6.10 Å². The molecule has 0 aliphatic heterocycles. The average molecular weight is 299 g/mol. The van der Waals surface area contributed by atoms with E-state index in [0.717, 1.165) is 30.2 Å². The Morgan fingerprint density at radius 2 is 1.88 bits per heavy atom. The van der Waals surface area contributed by atoms with E-state index in [1.54, 1.807) is 0 Å². The van der Waals surface area contributed by atoms with Gasteiger partial charge in [-0.2, -0.15) is 0 Å². The summed E-state index contributed by atoms with van der Waals surface area (Å²) in [5.74, 6) is 5.24. The minimum atomic E-state index is 0.249. The third-order valence-corrected chi connectivity index (χ3v) is 4.29. The number of halogens is 1. The first kappa shape index (κ1) is 12.9. The molecule has 0 bridgehead atoms. The zero-order valence-electron chi connectivity index (χ0n) is 10.1. The summed E-state index contributed by atoms with van der Waals surface area (Å²) in [6, 6.07) is 8.93. The van der Waals surface area contributed by atoms with E-state index < -0.39 is 0 Å². The molecule has 4 heteroatoms. The molecule has 1 aliphatic rings. The third kappa shape index (κ3) is 3.00. The number of nitrogens with zero attached hydrogens (tertiary/aromatic N) is 1. The van der Waals surface area contributed by atoms with E-state index in [1.165, 1.54) is 5.69 Å². The van der Waals surface area contributed by atoms with E-state index in [9.17, 15) is 0 Å². The normalized spacial score (nSPS) is 24.6. The molecule has 1 aromatic carbocycles. The van der Waals surface area contributed by atoms with Crippen molar-refractivity contribution >= 4 is 21.6 Å². The number of para-hydroxylation sites is 1. The summed E-state index contributed by atoms with van der Waals surface area (Å²) in [4.78, 5) is 7.28. The SMILES string of the molecule is CN(c1ccccc1Br)C1CCC(ON)CC1. The van der Waals surface area contributed by atoms with Gasteiger partial charge in [0.15, 0.2) is 0 Å². The summed E-state index contributed by atoms with van der Waals surface area (Å²) in [6.45, 7) is 0. The smallest absolute Gasteiger partial charge is 0.0789 e. The van der Waals surface area contributed by atoms with Crippen molar-refractivity contribution in [2.75, 3.05) is 11.9 Å². The van der Waals surface area contributed by atoms with Crippen LogP contribution in [0, 0.1) is 0 Å². The average Bonchev–Trinajstić information content (AvgIpc) is 2.39. The molecule has 94 valence electrons. The molecular weight excluding hydrogens is 280 g/mol. The first-order valence-corrected chi connectivity index (χ1v) is 6.84. The number of nitrogens with two attached hydrogens (primary N) is 1. The molecule has 0 spiro atoms. The van der Waals surface area contributed by atoms with Crippen molar-refractivity contribution in [1.29, 1.82) is 0 Å². The lowest BCUT2D eigenvalue weighted by Crippen LogP contribution is -2.37. The minimum Gasteiger partial charge on any atom is -0.371 e. The van der Waals surface area contributed by atoms with E-state index in [0.29, 0.717) is 6.04 Å². The second-order valence-electron chi connectivity index (χ2n) is 4.63. The van der Waals surface area contributed by atoms with Crippen LogP contribution < -0.4 is 10.8 Å². The highest BCUT2D eigenvalue weighted by Crippen LogP contribution is 2.31. The fraction of sp³-hybridized carbons (Fsp3) is 0.538. The Morgan fingerprint density at radius 1 is 1.24 bits per heavy atom. The molecule has 2 N–H and O–H groups in total. The van der Waals surface area contributed by atoms with Crippen molar-refractivity contribution in [3.05, 3.63) is 28.7 Å². The molecule has 1 fully saturated rings. The highest BCUT2D eigenvalue weighted by Gasteiger charge is 2.24. The maximum absolute atomic E-state index is 5.24. The molecule has 0 heterocycles. The molecule has 1 aliphatic carbocycles. The first-order chi connectivity index (χ1) is 8.22. The second-order valence-corrected chi connectivity index (χ2v) is 5.48. The Kier molecular flexibility index (Phi) is 4.42. The molecule has 0 saturated heterocycles. The molecule has 0 radical (unpaired) electrons. The van der Waals surface area contributed by atoms with Crippen molar-refractivity contribution in [1.82, 2.24) is 0 Å². The molecule has 1 saturated carbocycles. The third-order valence-electron chi connectivity index (χ3n) is 3.62. The predicted octanol–water partition coefficient (Wildman–Crippen LogP) is 3.09. The summed E-state index contributed by atoms with van der Waals surface area (Å²) >= 11 is 3.60. The van der Waals surface area contributed by atoms with Gasteiger partial charge in [0.05, 0.1) is 11.8 Å². The zero-order chi connectivity index (χ0) is 12.3. The van der Waals surface area contributed by atoms with Crippen LogP contribution in [0.25, 0.3) is 0 Å². The lowest BCUT2D eigenvalue weighted by molar-refractivity contribution is 0.0242. The summed E-state index contributed by atoms with van der Waals surface area (Å²) in [6.07, 6.45) is 4.63. The van der Waals surface area contributed by atoms with Crippen molar-refractivity contribution in [3.8, 4) is 0 Å². The van der Waals surface area contributed by atoms with Crippen molar-refractivity contribution in [2.24, 2.45) is 5.90 Å². The topological polar surface area (TPSA) is 38.5 Å². The van der Waals surface area contributed by atoms with Gasteiger partial charge in [0.25, 0.3) is 0 Å². The lowest BCUT2D eigenvalue weighted by Gasteiger charge is -2.35. The van der Waals surface area contributed by atoms with Crippen LogP contribution in [0.15, 0.2) is 28.7 Å². The molecule has 17 heavy (non-hydrogen) atoms. The standard InChI is InChI=1S/C13H19BrN2O/c1-16(13-5-3-2-4-12(13)14)10-6-8-11(17-15)9-7-10/h2-5,10-11H,6-9,15H2,1H3. The molecule has 1 aromatic rings. The molecule has 0 atom stereocenters. The van der Waals surface area contributed by atoms with Crippen LogP contribution >= 0.6 is 15.9 Å². The van der Waals surface area contributed by atoms with Gasteiger partial charge in [-0.15, -0.1) is 0 Å². The van der Waals surface area contributed by atoms with Crippen molar-refractivity contribution < 1.29 is 4.84 Å². The van der Waals surface area contributed by atoms with Gasteiger partial charge in [-0.05, 0) is 53.7 Å². The summed E-state index contributed by atoms with van der Waals surface area (Å²) < 4.78 is 1.15. The molecule has 2 rings (SSSR count). The number of hydrogen-bond acceptors (Lipinski definition) is 3. The van der Waals surface area contributed by atoms with E-state index in [2.05, 4.69) is 46.1 Å². The van der Waals surface area contributed by atoms with E-state index >= 15 is 0 Å². The van der Waals surface area contributed by atoms with Gasteiger partial charge < -0.3 is 9.74 Å². The summed E-state index contributed by atoms with van der Waals surface area (Å²) in [7, 11) is 2.16. The lowest BCUT2D eigenvalue weighted by atomic mass is 9.92. The number of anilines is 1. The monoisotopic (exact) mass is 298 g/mol. The highest BCUT2D eigenvalue weighted by atomic mass is 79.9. The fourth-order valence-corrected chi connectivity index (χ4v) is 3.07. The van der Waals surface area contributed by atoms with Crippen molar-refractivity contribution in [3.63, 3.8) is 0 Å². The van der Waals surface area contributed by atoms with Gasteiger partial charge in [0.2, 0.25) is 0 Å². The Hall–Kier alpha value is -0.580.